The molecule has 1 aromatic rings. The Hall–Kier alpha value is -2.90. The summed E-state index contributed by atoms with van der Waals surface area (Å²) >= 11 is 0. The van der Waals surface area contributed by atoms with Gasteiger partial charge in [0.05, 0.1) is 26.4 Å². The van der Waals surface area contributed by atoms with E-state index in [1.54, 1.807) is 0 Å². The largest absolute Gasteiger partial charge is 0.480 e. The summed E-state index contributed by atoms with van der Waals surface area (Å²) in [6, 6.07) is 8.38. The molecule has 0 aromatic heterocycles. The molecule has 0 radical (unpaired) electrons. The van der Waals surface area contributed by atoms with Gasteiger partial charge < -0.3 is 18.9 Å². The van der Waals surface area contributed by atoms with Gasteiger partial charge in [0, 0.05) is 6.42 Å². The average molecular weight is 457 g/mol. The Morgan fingerprint density at radius 3 is 1.70 bits per heavy atom. The number of rotatable bonds is 9. The summed E-state index contributed by atoms with van der Waals surface area (Å²) in [6.45, 7) is 11.1. The fraction of sp³-hybridized carbons (Fsp3) is 0.600. The lowest BCUT2D eigenvalue weighted by Gasteiger charge is -2.22. The van der Waals surface area contributed by atoms with Crippen LogP contribution in [0.5, 0.6) is 0 Å². The highest BCUT2D eigenvalue weighted by Crippen LogP contribution is 2.17. The van der Waals surface area contributed by atoms with Crippen LogP contribution in [-0.4, -0.2) is 75.2 Å². The quantitative estimate of drug-likeness (QED) is 0.567. The molecule has 0 N–H and O–H groups in total. The third kappa shape index (κ3) is 7.30. The number of ether oxygens (including phenoxy) is 4. The second kappa shape index (κ2) is 13.0. The molecule has 8 heteroatoms. The predicted molar refractivity (Wildman–Crippen MR) is 132 cm³/mol. The lowest BCUT2D eigenvalue weighted by Crippen LogP contribution is -2.31. The van der Waals surface area contributed by atoms with Gasteiger partial charge in [0.2, 0.25) is 23.6 Å². The molecule has 2 aliphatic rings. The zero-order valence-corrected chi connectivity index (χ0v) is 20.2. The van der Waals surface area contributed by atoms with E-state index in [0.29, 0.717) is 63.1 Å². The minimum absolute atomic E-state index is 0.0987. The maximum Gasteiger partial charge on any atom is 0.209 e. The van der Waals surface area contributed by atoms with E-state index < -0.39 is 0 Å². The second-order valence-electron chi connectivity index (χ2n) is 7.68. The molecule has 0 bridgehead atoms. The monoisotopic (exact) mass is 456 g/mol. The maximum atomic E-state index is 5.72. The average Bonchev–Trinajstić information content (AvgIpc) is 2.82. The van der Waals surface area contributed by atoms with Crippen LogP contribution in [0.4, 0.5) is 0 Å². The number of aliphatic imine (C=N–C) groups is 4. The summed E-state index contributed by atoms with van der Waals surface area (Å²) in [5.74, 6) is 2.76. The van der Waals surface area contributed by atoms with Gasteiger partial charge in [-0.25, -0.2) is 20.0 Å². The van der Waals surface area contributed by atoms with E-state index in [0.717, 1.165) is 19.3 Å². The van der Waals surface area contributed by atoms with Crippen LogP contribution < -0.4 is 0 Å². The van der Waals surface area contributed by atoms with Gasteiger partial charge in [-0.3, -0.25) is 0 Å². The van der Waals surface area contributed by atoms with Crippen molar-refractivity contribution in [3.05, 3.63) is 35.4 Å². The Morgan fingerprint density at radius 1 is 0.667 bits per heavy atom. The summed E-state index contributed by atoms with van der Waals surface area (Å²) < 4.78 is 22.6. The van der Waals surface area contributed by atoms with E-state index >= 15 is 0 Å². The van der Waals surface area contributed by atoms with E-state index in [1.807, 2.05) is 27.7 Å². The van der Waals surface area contributed by atoms with Gasteiger partial charge in [-0.1, -0.05) is 24.3 Å². The van der Waals surface area contributed by atoms with E-state index in [9.17, 15) is 0 Å². The van der Waals surface area contributed by atoms with Crippen LogP contribution in [0.25, 0.3) is 0 Å². The molecule has 0 fully saturated rings. The van der Waals surface area contributed by atoms with Gasteiger partial charge in [-0.05, 0) is 51.7 Å². The molecule has 0 aliphatic carbocycles. The van der Waals surface area contributed by atoms with Gasteiger partial charge in [-0.15, -0.1) is 0 Å². The van der Waals surface area contributed by atoms with Crippen LogP contribution in [0.2, 0.25) is 0 Å². The number of aryl methyl sites for hydroxylation is 1. The first-order valence-electron chi connectivity index (χ1n) is 12.0. The summed E-state index contributed by atoms with van der Waals surface area (Å²) in [5, 5.41) is 0. The van der Waals surface area contributed by atoms with E-state index in [-0.39, 0.29) is 12.1 Å². The molecule has 0 amide bonds. The molecule has 0 saturated carbocycles. The van der Waals surface area contributed by atoms with Crippen molar-refractivity contribution in [2.24, 2.45) is 20.0 Å². The SMILES string of the molecule is CCOC1=N[C@H](CCc2ccc(C[C@H]3N=C(OCC)CN=C3OCC)cc2)C(OCC)=NC1. The van der Waals surface area contributed by atoms with Crippen molar-refractivity contribution in [1.82, 2.24) is 0 Å². The topological polar surface area (TPSA) is 86.4 Å². The Morgan fingerprint density at radius 2 is 1.15 bits per heavy atom. The smallest absolute Gasteiger partial charge is 0.209 e. The third-order valence-corrected chi connectivity index (χ3v) is 5.27. The lowest BCUT2D eigenvalue weighted by molar-refractivity contribution is 0.292. The fourth-order valence-electron chi connectivity index (χ4n) is 3.81. The maximum absolute atomic E-state index is 5.72. The third-order valence-electron chi connectivity index (χ3n) is 5.27. The van der Waals surface area contributed by atoms with Crippen molar-refractivity contribution in [2.45, 2.75) is 59.0 Å². The standard InChI is InChI=1S/C25H36N4O4/c1-5-30-22-16-26-24(32-7-3)20(28-22)14-13-18-9-11-19(12-10-18)15-21-25(33-8-4)27-17-23(29-21)31-6-2/h9-12,20-21H,5-8,13-17H2,1-4H3/t20-,21-/m1/s1. The van der Waals surface area contributed by atoms with Crippen LogP contribution >= 0.6 is 0 Å². The minimum Gasteiger partial charge on any atom is -0.480 e. The fourth-order valence-corrected chi connectivity index (χ4v) is 3.81. The summed E-state index contributed by atoms with van der Waals surface area (Å²) in [4.78, 5) is 18.5. The first-order valence-corrected chi connectivity index (χ1v) is 12.0. The Bertz CT molecular complexity index is 877. The van der Waals surface area contributed by atoms with Gasteiger partial charge >= 0.3 is 0 Å². The number of hydrogen-bond donors (Lipinski definition) is 0. The molecule has 0 unspecified atom stereocenters. The van der Waals surface area contributed by atoms with Crippen molar-refractivity contribution in [2.75, 3.05) is 39.5 Å². The molecule has 2 atom stereocenters. The molecule has 33 heavy (non-hydrogen) atoms. The molecule has 0 spiro atoms. The van der Waals surface area contributed by atoms with E-state index in [1.165, 1.54) is 11.1 Å². The van der Waals surface area contributed by atoms with Gasteiger partial charge in [0.15, 0.2) is 0 Å². The van der Waals surface area contributed by atoms with E-state index in [2.05, 4.69) is 34.3 Å². The van der Waals surface area contributed by atoms with Crippen molar-refractivity contribution >= 4 is 23.6 Å². The zero-order valence-electron chi connectivity index (χ0n) is 20.2. The minimum atomic E-state index is -0.148. The van der Waals surface area contributed by atoms with Crippen LogP contribution in [0.3, 0.4) is 0 Å². The highest BCUT2D eigenvalue weighted by atomic mass is 16.5. The highest BCUT2D eigenvalue weighted by molar-refractivity contribution is 5.92. The molecule has 1 aromatic carbocycles. The summed E-state index contributed by atoms with van der Waals surface area (Å²) in [6.07, 6.45) is 2.42. The van der Waals surface area contributed by atoms with Crippen molar-refractivity contribution < 1.29 is 18.9 Å². The first-order chi connectivity index (χ1) is 16.2. The van der Waals surface area contributed by atoms with Crippen LogP contribution in [0.1, 0.15) is 45.2 Å². The van der Waals surface area contributed by atoms with Crippen LogP contribution in [-0.2, 0) is 31.8 Å². The van der Waals surface area contributed by atoms with Crippen LogP contribution in [0.15, 0.2) is 44.2 Å². The summed E-state index contributed by atoms with van der Waals surface area (Å²) in [7, 11) is 0. The number of nitrogens with zero attached hydrogens (tertiary/aromatic N) is 4. The van der Waals surface area contributed by atoms with Crippen molar-refractivity contribution in [3.63, 3.8) is 0 Å². The molecule has 3 rings (SSSR count). The number of benzene rings is 1. The molecular weight excluding hydrogens is 420 g/mol. The van der Waals surface area contributed by atoms with E-state index in [4.69, 9.17) is 28.9 Å². The Labute approximate surface area is 196 Å². The second-order valence-corrected chi connectivity index (χ2v) is 7.68. The molecular formula is C25H36N4O4. The molecule has 0 saturated heterocycles. The summed E-state index contributed by atoms with van der Waals surface area (Å²) in [5.41, 5.74) is 2.43. The Kier molecular flexibility index (Phi) is 9.72. The van der Waals surface area contributed by atoms with Gasteiger partial charge in [0.25, 0.3) is 0 Å². The molecule has 8 nitrogen and oxygen atoms in total. The van der Waals surface area contributed by atoms with Crippen LogP contribution in [0, 0.1) is 0 Å². The van der Waals surface area contributed by atoms with Gasteiger partial charge in [-0.2, -0.15) is 0 Å². The Balaban J connectivity index is 1.61. The van der Waals surface area contributed by atoms with Gasteiger partial charge in [0.1, 0.15) is 25.2 Å². The zero-order chi connectivity index (χ0) is 23.5. The molecule has 2 heterocycles. The van der Waals surface area contributed by atoms with Crippen molar-refractivity contribution in [3.8, 4) is 0 Å². The predicted octanol–water partition coefficient (Wildman–Crippen LogP) is 3.67. The number of hydrogen-bond acceptors (Lipinski definition) is 8. The lowest BCUT2D eigenvalue weighted by atomic mass is 10.0. The molecule has 2 aliphatic heterocycles. The molecule has 180 valence electrons. The normalized spacial score (nSPS) is 20.2. The highest BCUT2D eigenvalue weighted by Gasteiger charge is 2.24. The first kappa shape index (κ1) is 24.7. The van der Waals surface area contributed by atoms with Crippen molar-refractivity contribution in [1.29, 1.82) is 0 Å².